The third kappa shape index (κ3) is 6.56. The molecule has 0 radical (unpaired) electrons. The van der Waals surface area contributed by atoms with Crippen LogP contribution in [0.15, 0.2) is 77.9 Å². The van der Waals surface area contributed by atoms with Gasteiger partial charge in [-0.1, -0.05) is 35.3 Å². The van der Waals surface area contributed by atoms with Crippen molar-refractivity contribution in [1.82, 2.24) is 10.4 Å². The lowest BCUT2D eigenvalue weighted by molar-refractivity contribution is 0.0955. The molecule has 37 heavy (non-hydrogen) atoms. The first-order valence-corrected chi connectivity index (χ1v) is 13.5. The Balaban J connectivity index is 1.46. The number of amides is 1. The van der Waals surface area contributed by atoms with Gasteiger partial charge in [-0.3, -0.25) is 9.10 Å². The van der Waals surface area contributed by atoms with Crippen molar-refractivity contribution < 1.29 is 17.9 Å². The van der Waals surface area contributed by atoms with Crippen molar-refractivity contribution in [2.24, 2.45) is 5.10 Å². The first kappa shape index (κ1) is 26.4. The van der Waals surface area contributed by atoms with Crippen LogP contribution in [-0.2, 0) is 16.6 Å². The van der Waals surface area contributed by atoms with Gasteiger partial charge in [-0.15, -0.1) is 0 Å². The van der Waals surface area contributed by atoms with Gasteiger partial charge in [0, 0.05) is 27.6 Å². The minimum Gasteiger partial charge on any atom is -0.497 e. The minimum absolute atomic E-state index is 0.124. The molecule has 8 nitrogen and oxygen atoms in total. The standard InChI is InChI=1S/C26H22Cl2N4O4S/c1-36-23-12-7-19-13-20(25(28)30-24(19)14-23)15-29-31-26(33)18-5-10-22(11-6-18)32(37(2,34)35)16-17-3-8-21(27)9-4-17/h3-15H,16H2,1-2H3,(H,31,33)/b29-15-. The molecule has 4 rings (SSSR count). The van der Waals surface area contributed by atoms with Gasteiger partial charge in [-0.25, -0.2) is 18.8 Å². The van der Waals surface area contributed by atoms with Gasteiger partial charge in [0.15, 0.2) is 0 Å². The van der Waals surface area contributed by atoms with Crippen LogP contribution in [0, 0.1) is 0 Å². The number of methoxy groups -OCH3 is 1. The largest absolute Gasteiger partial charge is 0.497 e. The summed E-state index contributed by atoms with van der Waals surface area (Å²) in [7, 11) is -2.00. The van der Waals surface area contributed by atoms with E-state index in [0.717, 1.165) is 17.2 Å². The molecule has 0 saturated heterocycles. The maximum Gasteiger partial charge on any atom is 0.271 e. The van der Waals surface area contributed by atoms with E-state index in [1.54, 1.807) is 55.6 Å². The second-order valence-electron chi connectivity index (χ2n) is 8.07. The number of carbonyl (C=O) groups is 1. The van der Waals surface area contributed by atoms with Crippen LogP contribution in [0.3, 0.4) is 0 Å². The summed E-state index contributed by atoms with van der Waals surface area (Å²) in [6.45, 7) is 0.124. The fraction of sp³-hybridized carbons (Fsp3) is 0.115. The normalized spacial score (nSPS) is 11.6. The van der Waals surface area contributed by atoms with Crippen LogP contribution in [-0.4, -0.2) is 38.9 Å². The Labute approximate surface area is 224 Å². The fourth-order valence-corrected chi connectivity index (χ4v) is 4.73. The number of benzene rings is 3. The van der Waals surface area contributed by atoms with Crippen LogP contribution in [0.25, 0.3) is 10.9 Å². The summed E-state index contributed by atoms with van der Waals surface area (Å²) < 4.78 is 31.3. The average Bonchev–Trinajstić information content (AvgIpc) is 2.87. The van der Waals surface area contributed by atoms with E-state index in [9.17, 15) is 13.2 Å². The molecule has 1 N–H and O–H groups in total. The molecule has 0 fully saturated rings. The minimum atomic E-state index is -3.58. The van der Waals surface area contributed by atoms with Crippen molar-refractivity contribution in [2.45, 2.75) is 6.54 Å². The zero-order valence-electron chi connectivity index (χ0n) is 19.9. The molecule has 1 aromatic heterocycles. The number of pyridine rings is 1. The van der Waals surface area contributed by atoms with Gasteiger partial charge in [0.25, 0.3) is 5.91 Å². The van der Waals surface area contributed by atoms with Crippen LogP contribution in [0.1, 0.15) is 21.5 Å². The number of nitrogens with zero attached hydrogens (tertiary/aromatic N) is 3. The van der Waals surface area contributed by atoms with Crippen molar-refractivity contribution in [1.29, 1.82) is 0 Å². The molecule has 0 saturated carbocycles. The van der Waals surface area contributed by atoms with E-state index in [4.69, 9.17) is 27.9 Å². The summed E-state index contributed by atoms with van der Waals surface area (Å²) in [6.07, 6.45) is 2.53. The van der Waals surface area contributed by atoms with E-state index in [1.165, 1.54) is 22.7 Å². The number of hydrogen-bond donors (Lipinski definition) is 1. The highest BCUT2D eigenvalue weighted by Crippen LogP contribution is 2.24. The van der Waals surface area contributed by atoms with Gasteiger partial charge in [-0.2, -0.15) is 5.10 Å². The second kappa shape index (κ2) is 11.2. The highest BCUT2D eigenvalue weighted by molar-refractivity contribution is 7.92. The molecular formula is C26H22Cl2N4O4S. The third-order valence-electron chi connectivity index (χ3n) is 5.43. The van der Waals surface area contributed by atoms with Gasteiger partial charge < -0.3 is 4.74 Å². The SMILES string of the molecule is COc1ccc2cc(/C=N\NC(=O)c3ccc(N(Cc4ccc(Cl)cc4)S(C)(=O)=O)cc3)c(Cl)nc2c1. The molecule has 0 unspecified atom stereocenters. The smallest absolute Gasteiger partial charge is 0.271 e. The molecule has 190 valence electrons. The van der Waals surface area contributed by atoms with Crippen molar-refractivity contribution in [3.8, 4) is 5.75 Å². The molecule has 1 heterocycles. The van der Waals surface area contributed by atoms with Crippen LogP contribution in [0.5, 0.6) is 5.75 Å². The molecule has 0 atom stereocenters. The number of carbonyl (C=O) groups excluding carboxylic acids is 1. The lowest BCUT2D eigenvalue weighted by Crippen LogP contribution is -2.29. The predicted octanol–water partition coefficient (Wildman–Crippen LogP) is 5.28. The number of aromatic nitrogens is 1. The number of hydrogen-bond acceptors (Lipinski definition) is 6. The summed E-state index contributed by atoms with van der Waals surface area (Å²) in [5.74, 6) is 0.196. The monoisotopic (exact) mass is 556 g/mol. The predicted molar refractivity (Wildman–Crippen MR) is 147 cm³/mol. The molecule has 0 aliphatic rings. The van der Waals surface area contributed by atoms with Crippen molar-refractivity contribution in [2.75, 3.05) is 17.7 Å². The number of sulfonamides is 1. The van der Waals surface area contributed by atoms with Crippen LogP contribution < -0.4 is 14.5 Å². The molecule has 1 amide bonds. The van der Waals surface area contributed by atoms with E-state index in [-0.39, 0.29) is 11.7 Å². The lowest BCUT2D eigenvalue weighted by Gasteiger charge is -2.22. The Morgan fingerprint density at radius 3 is 2.41 bits per heavy atom. The number of ether oxygens (including phenoxy) is 1. The number of fused-ring (bicyclic) bond motifs is 1. The summed E-state index contributed by atoms with van der Waals surface area (Å²) in [5.41, 5.74) is 5.14. The Kier molecular flexibility index (Phi) is 7.97. The van der Waals surface area contributed by atoms with Gasteiger partial charge in [0.2, 0.25) is 10.0 Å². The molecule has 11 heteroatoms. The number of anilines is 1. The van der Waals surface area contributed by atoms with Gasteiger partial charge in [0.1, 0.15) is 10.9 Å². The molecule has 3 aromatic carbocycles. The van der Waals surface area contributed by atoms with Crippen LogP contribution in [0.4, 0.5) is 5.69 Å². The van der Waals surface area contributed by atoms with Gasteiger partial charge >= 0.3 is 0 Å². The first-order valence-electron chi connectivity index (χ1n) is 10.9. The van der Waals surface area contributed by atoms with Crippen LogP contribution in [0.2, 0.25) is 10.2 Å². The van der Waals surface area contributed by atoms with Gasteiger partial charge in [-0.05, 0) is 60.2 Å². The molecule has 0 aliphatic heterocycles. The van der Waals surface area contributed by atoms with Gasteiger partial charge in [0.05, 0.1) is 37.3 Å². The van der Waals surface area contributed by atoms with E-state index >= 15 is 0 Å². The Hall–Kier alpha value is -3.66. The summed E-state index contributed by atoms with van der Waals surface area (Å²) >= 11 is 12.2. The Bertz CT molecular complexity index is 1580. The van der Waals surface area contributed by atoms with Crippen LogP contribution >= 0.6 is 23.2 Å². The molecule has 4 aromatic rings. The first-order chi connectivity index (χ1) is 17.6. The molecule has 0 bridgehead atoms. The zero-order chi connectivity index (χ0) is 26.6. The fourth-order valence-electron chi connectivity index (χ4n) is 3.52. The highest BCUT2D eigenvalue weighted by Gasteiger charge is 2.18. The quantitative estimate of drug-likeness (QED) is 0.181. The lowest BCUT2D eigenvalue weighted by atomic mass is 10.1. The van der Waals surface area contributed by atoms with E-state index in [0.29, 0.717) is 33.1 Å². The van der Waals surface area contributed by atoms with E-state index in [1.807, 2.05) is 12.1 Å². The molecular weight excluding hydrogens is 535 g/mol. The number of nitrogens with one attached hydrogen (secondary N) is 1. The number of halogens is 2. The van der Waals surface area contributed by atoms with Crippen molar-refractivity contribution in [3.63, 3.8) is 0 Å². The Morgan fingerprint density at radius 2 is 1.76 bits per heavy atom. The summed E-state index contributed by atoms with van der Waals surface area (Å²) in [5, 5.41) is 5.61. The second-order valence-corrected chi connectivity index (χ2v) is 10.8. The average molecular weight is 557 g/mol. The highest BCUT2D eigenvalue weighted by atomic mass is 35.5. The third-order valence-corrected chi connectivity index (χ3v) is 7.13. The zero-order valence-corrected chi connectivity index (χ0v) is 22.2. The van der Waals surface area contributed by atoms with Crippen molar-refractivity contribution >= 4 is 61.9 Å². The topological polar surface area (TPSA) is 101 Å². The molecule has 0 spiro atoms. The summed E-state index contributed by atoms with van der Waals surface area (Å²) in [4.78, 5) is 16.9. The maximum absolute atomic E-state index is 12.6. The van der Waals surface area contributed by atoms with E-state index in [2.05, 4.69) is 15.5 Å². The Morgan fingerprint density at radius 1 is 1.05 bits per heavy atom. The molecule has 0 aliphatic carbocycles. The summed E-state index contributed by atoms with van der Waals surface area (Å²) in [6, 6.07) is 20.3. The maximum atomic E-state index is 12.6. The number of rotatable bonds is 8. The van der Waals surface area contributed by atoms with Crippen molar-refractivity contribution in [3.05, 3.63) is 99.7 Å². The van der Waals surface area contributed by atoms with E-state index < -0.39 is 15.9 Å². The number of hydrazone groups is 1.